The zero-order valence-corrected chi connectivity index (χ0v) is 12.2. The molecule has 0 fully saturated rings. The van der Waals surface area contributed by atoms with E-state index >= 15 is 0 Å². The number of aromatic nitrogens is 1. The summed E-state index contributed by atoms with van der Waals surface area (Å²) in [6.45, 7) is 2.28. The Balaban J connectivity index is 2.38. The zero-order valence-electron chi connectivity index (χ0n) is 10.7. The minimum absolute atomic E-state index is 0.0968. The molecular formula is C14H12Cl2N2O2. The molecule has 0 atom stereocenters. The number of phenolic OH excluding ortho intramolecular Hbond substituents is 1. The van der Waals surface area contributed by atoms with Gasteiger partial charge in [0.1, 0.15) is 16.1 Å². The normalized spacial score (nSPS) is 10.3. The Hall–Kier alpha value is -1.78. The van der Waals surface area contributed by atoms with Crippen molar-refractivity contribution in [2.75, 3.05) is 11.4 Å². The first-order chi connectivity index (χ1) is 9.51. The van der Waals surface area contributed by atoms with Crippen LogP contribution in [0.3, 0.4) is 0 Å². The van der Waals surface area contributed by atoms with Crippen LogP contribution in [-0.2, 0) is 0 Å². The Morgan fingerprint density at radius 3 is 2.45 bits per heavy atom. The van der Waals surface area contributed by atoms with Crippen LogP contribution < -0.4 is 4.90 Å². The molecule has 0 aliphatic heterocycles. The smallest absolute Gasteiger partial charge is 0.258 e. The number of carbonyl (C=O) groups excluding carboxylic acids is 1. The summed E-state index contributed by atoms with van der Waals surface area (Å²) in [6, 6.07) is 9.40. The van der Waals surface area contributed by atoms with Gasteiger partial charge in [0.05, 0.1) is 0 Å². The third kappa shape index (κ3) is 3.21. The van der Waals surface area contributed by atoms with E-state index in [-0.39, 0.29) is 22.0 Å². The summed E-state index contributed by atoms with van der Waals surface area (Å²) in [4.78, 5) is 17.8. The van der Waals surface area contributed by atoms with Crippen LogP contribution in [0.2, 0.25) is 10.3 Å². The highest BCUT2D eigenvalue weighted by atomic mass is 35.5. The van der Waals surface area contributed by atoms with Gasteiger partial charge in [-0.05, 0) is 31.2 Å². The molecule has 0 unspecified atom stereocenters. The highest BCUT2D eigenvalue weighted by Crippen LogP contribution is 2.23. The summed E-state index contributed by atoms with van der Waals surface area (Å²) in [5.41, 5.74) is 0.946. The minimum Gasteiger partial charge on any atom is -0.508 e. The summed E-state index contributed by atoms with van der Waals surface area (Å²) in [6.07, 6.45) is 0. The van der Waals surface area contributed by atoms with E-state index in [9.17, 15) is 9.90 Å². The summed E-state index contributed by atoms with van der Waals surface area (Å²) < 4.78 is 0. The average molecular weight is 311 g/mol. The van der Waals surface area contributed by atoms with E-state index in [0.29, 0.717) is 17.8 Å². The number of benzene rings is 1. The van der Waals surface area contributed by atoms with Crippen LogP contribution in [0.25, 0.3) is 0 Å². The van der Waals surface area contributed by atoms with E-state index < -0.39 is 0 Å². The molecular weight excluding hydrogens is 299 g/mol. The molecule has 20 heavy (non-hydrogen) atoms. The number of aromatic hydroxyl groups is 1. The van der Waals surface area contributed by atoms with Gasteiger partial charge in [0.2, 0.25) is 0 Å². The van der Waals surface area contributed by atoms with Crippen LogP contribution in [0.4, 0.5) is 5.69 Å². The Morgan fingerprint density at radius 1 is 1.25 bits per heavy atom. The fraction of sp³-hybridized carbons (Fsp3) is 0.143. The lowest BCUT2D eigenvalue weighted by Gasteiger charge is -2.21. The summed E-state index contributed by atoms with van der Waals surface area (Å²) in [5.74, 6) is -0.163. The van der Waals surface area contributed by atoms with Crippen molar-refractivity contribution in [3.8, 4) is 5.75 Å². The fourth-order valence-electron chi connectivity index (χ4n) is 1.85. The van der Waals surface area contributed by atoms with Crippen molar-refractivity contribution in [3.05, 3.63) is 52.3 Å². The number of amides is 1. The second kappa shape index (κ2) is 6.11. The van der Waals surface area contributed by atoms with Gasteiger partial charge in [-0.25, -0.2) is 4.98 Å². The van der Waals surface area contributed by atoms with Gasteiger partial charge in [0, 0.05) is 23.9 Å². The molecule has 1 aromatic carbocycles. The van der Waals surface area contributed by atoms with Gasteiger partial charge in [0.15, 0.2) is 0 Å². The number of hydrogen-bond donors (Lipinski definition) is 1. The van der Waals surface area contributed by atoms with E-state index in [4.69, 9.17) is 23.2 Å². The highest BCUT2D eigenvalue weighted by Gasteiger charge is 2.17. The van der Waals surface area contributed by atoms with E-state index in [2.05, 4.69) is 4.98 Å². The lowest BCUT2D eigenvalue weighted by molar-refractivity contribution is 0.0988. The minimum atomic E-state index is -0.260. The monoisotopic (exact) mass is 310 g/mol. The number of halogens is 2. The molecule has 0 bridgehead atoms. The molecule has 4 nitrogen and oxygen atoms in total. The molecule has 1 heterocycles. The van der Waals surface area contributed by atoms with Crippen molar-refractivity contribution in [1.29, 1.82) is 0 Å². The number of hydrogen-bond acceptors (Lipinski definition) is 3. The Morgan fingerprint density at radius 2 is 1.90 bits per heavy atom. The predicted octanol–water partition coefficient (Wildman–Crippen LogP) is 3.76. The first-order valence-electron chi connectivity index (χ1n) is 5.95. The second-order valence-electron chi connectivity index (χ2n) is 4.07. The number of pyridine rings is 1. The van der Waals surface area contributed by atoms with Crippen molar-refractivity contribution < 1.29 is 9.90 Å². The number of nitrogens with zero attached hydrogens (tertiary/aromatic N) is 2. The number of anilines is 1. The Kier molecular flexibility index (Phi) is 4.47. The molecule has 2 aromatic rings. The molecule has 104 valence electrons. The number of carbonyl (C=O) groups is 1. The Labute approximate surface area is 126 Å². The standard InChI is InChI=1S/C14H12Cl2N2O2/c1-2-18(10-4-3-5-11(19)8-10)14(20)9-6-12(15)17-13(16)7-9/h3-8,19H,2H2,1H3. The van der Waals surface area contributed by atoms with Crippen LogP contribution in [-0.4, -0.2) is 22.5 Å². The van der Waals surface area contributed by atoms with Crippen molar-refractivity contribution in [3.63, 3.8) is 0 Å². The first kappa shape index (κ1) is 14.6. The molecule has 1 amide bonds. The molecule has 6 heteroatoms. The van der Waals surface area contributed by atoms with Gasteiger partial charge in [-0.1, -0.05) is 29.3 Å². The highest BCUT2D eigenvalue weighted by molar-refractivity contribution is 6.33. The third-order valence-corrected chi connectivity index (χ3v) is 3.10. The first-order valence-corrected chi connectivity index (χ1v) is 6.71. The lowest BCUT2D eigenvalue weighted by Crippen LogP contribution is -2.30. The molecule has 0 radical (unpaired) electrons. The van der Waals surface area contributed by atoms with E-state index in [1.807, 2.05) is 6.92 Å². The van der Waals surface area contributed by atoms with Crippen LogP contribution in [0.15, 0.2) is 36.4 Å². The SMILES string of the molecule is CCN(C(=O)c1cc(Cl)nc(Cl)c1)c1cccc(O)c1. The zero-order chi connectivity index (χ0) is 14.7. The number of rotatable bonds is 3. The van der Waals surface area contributed by atoms with Crippen molar-refractivity contribution >= 4 is 34.8 Å². The van der Waals surface area contributed by atoms with E-state index in [1.165, 1.54) is 23.1 Å². The molecule has 0 spiro atoms. The largest absolute Gasteiger partial charge is 0.508 e. The quantitative estimate of drug-likeness (QED) is 0.878. The fourth-order valence-corrected chi connectivity index (χ4v) is 2.31. The molecule has 0 saturated carbocycles. The van der Waals surface area contributed by atoms with Crippen molar-refractivity contribution in [1.82, 2.24) is 4.98 Å². The average Bonchev–Trinajstić information content (AvgIpc) is 2.38. The maximum atomic E-state index is 12.5. The van der Waals surface area contributed by atoms with Crippen molar-refractivity contribution in [2.24, 2.45) is 0 Å². The maximum absolute atomic E-state index is 12.5. The number of phenols is 1. The molecule has 1 N–H and O–H groups in total. The van der Waals surface area contributed by atoms with Gasteiger partial charge >= 0.3 is 0 Å². The lowest BCUT2D eigenvalue weighted by atomic mass is 10.2. The molecule has 2 rings (SSSR count). The van der Waals surface area contributed by atoms with Gasteiger partial charge < -0.3 is 10.0 Å². The van der Waals surface area contributed by atoms with E-state index in [1.54, 1.807) is 18.2 Å². The van der Waals surface area contributed by atoms with Gasteiger partial charge in [-0.2, -0.15) is 0 Å². The second-order valence-corrected chi connectivity index (χ2v) is 4.85. The molecule has 0 aliphatic rings. The van der Waals surface area contributed by atoms with Gasteiger partial charge in [0.25, 0.3) is 5.91 Å². The molecule has 0 saturated heterocycles. The topological polar surface area (TPSA) is 53.4 Å². The van der Waals surface area contributed by atoms with Crippen LogP contribution in [0.5, 0.6) is 5.75 Å². The summed E-state index contributed by atoms with van der Waals surface area (Å²) in [7, 11) is 0. The third-order valence-electron chi connectivity index (χ3n) is 2.71. The predicted molar refractivity (Wildman–Crippen MR) is 79.7 cm³/mol. The van der Waals surface area contributed by atoms with Crippen LogP contribution >= 0.6 is 23.2 Å². The van der Waals surface area contributed by atoms with Crippen molar-refractivity contribution in [2.45, 2.75) is 6.92 Å². The molecule has 0 aliphatic carbocycles. The van der Waals surface area contributed by atoms with Crippen LogP contribution in [0.1, 0.15) is 17.3 Å². The van der Waals surface area contributed by atoms with E-state index in [0.717, 1.165) is 0 Å². The molecule has 1 aromatic heterocycles. The van der Waals surface area contributed by atoms with Gasteiger partial charge in [-0.15, -0.1) is 0 Å². The van der Waals surface area contributed by atoms with Crippen LogP contribution in [0, 0.1) is 0 Å². The Bertz CT molecular complexity index is 627. The summed E-state index contributed by atoms with van der Waals surface area (Å²) in [5, 5.41) is 9.83. The summed E-state index contributed by atoms with van der Waals surface area (Å²) >= 11 is 11.6. The van der Waals surface area contributed by atoms with Gasteiger partial charge in [-0.3, -0.25) is 4.79 Å². The maximum Gasteiger partial charge on any atom is 0.258 e.